The van der Waals surface area contributed by atoms with E-state index in [1.165, 1.54) is 0 Å². The molecule has 0 aliphatic carbocycles. The van der Waals surface area contributed by atoms with Gasteiger partial charge in [-0.15, -0.1) is 0 Å². The largest absolute Gasteiger partial charge is 0.304 e. The summed E-state index contributed by atoms with van der Waals surface area (Å²) >= 11 is 3.32. The summed E-state index contributed by atoms with van der Waals surface area (Å²) in [5, 5.41) is 1.93. The Hall–Kier alpha value is -0.980. The smallest absolute Gasteiger partial charge is 0.285 e. The lowest BCUT2D eigenvalue weighted by Gasteiger charge is -2.32. The summed E-state index contributed by atoms with van der Waals surface area (Å²) in [5.74, 6) is -0.165. The van der Waals surface area contributed by atoms with Crippen LogP contribution in [0.4, 0.5) is 0 Å². The van der Waals surface area contributed by atoms with Crippen LogP contribution in [0.1, 0.15) is 10.5 Å². The Morgan fingerprint density at radius 3 is 2.76 bits per heavy atom. The molecule has 2 heterocycles. The number of carbonyl (C=O) groups excluding carboxylic acids is 1. The number of carbonyl (C=O) groups is 1. The van der Waals surface area contributed by atoms with Gasteiger partial charge in [0.15, 0.2) is 0 Å². The van der Waals surface area contributed by atoms with Crippen LogP contribution in [0, 0.1) is 0 Å². The molecule has 1 saturated heterocycles. The minimum atomic E-state index is -0.165. The Labute approximate surface area is 109 Å². The normalized spacial score (nSPS) is 18.0. The maximum atomic E-state index is 12.0. The van der Waals surface area contributed by atoms with Crippen LogP contribution in [-0.2, 0) is 0 Å². The van der Waals surface area contributed by atoms with Gasteiger partial charge in [0, 0.05) is 36.8 Å². The van der Waals surface area contributed by atoms with Crippen LogP contribution in [0.5, 0.6) is 0 Å². The summed E-state index contributed by atoms with van der Waals surface area (Å²) in [6, 6.07) is 3.60. The average Bonchev–Trinajstić information content (AvgIpc) is 2.32. The second kappa shape index (κ2) is 5.57. The Bertz CT molecular complexity index is 404. The predicted molar refractivity (Wildman–Crippen MR) is 68.5 cm³/mol. The number of piperazine rings is 1. The number of hydrogen-bond donors (Lipinski definition) is 1. The van der Waals surface area contributed by atoms with Crippen molar-refractivity contribution in [1.29, 1.82) is 0 Å². The van der Waals surface area contributed by atoms with E-state index in [9.17, 15) is 4.79 Å². The zero-order chi connectivity index (χ0) is 12.3. The monoisotopic (exact) mass is 298 g/mol. The number of nitrogens with one attached hydrogen (secondary N) is 1. The van der Waals surface area contributed by atoms with Crippen LogP contribution in [0.25, 0.3) is 0 Å². The lowest BCUT2D eigenvalue weighted by molar-refractivity contribution is 0.0657. The number of amides is 1. The molecule has 0 unspecified atom stereocenters. The van der Waals surface area contributed by atoms with Gasteiger partial charge in [-0.25, -0.2) is 9.99 Å². The molecule has 92 valence electrons. The van der Waals surface area contributed by atoms with Crippen molar-refractivity contribution in [1.82, 2.24) is 20.3 Å². The molecule has 6 heteroatoms. The molecule has 1 amide bonds. The van der Waals surface area contributed by atoms with E-state index in [-0.39, 0.29) is 5.91 Å². The minimum Gasteiger partial charge on any atom is -0.304 e. The predicted octanol–water partition coefficient (Wildman–Crippen LogP) is 0.736. The fourth-order valence-corrected chi connectivity index (χ4v) is 2.10. The minimum absolute atomic E-state index is 0.165. The van der Waals surface area contributed by atoms with Crippen LogP contribution < -0.4 is 5.43 Å². The van der Waals surface area contributed by atoms with E-state index in [4.69, 9.17) is 0 Å². The SMILES string of the molecule is CN1CCN(NC(=O)c2ncccc2Br)CC1. The van der Waals surface area contributed by atoms with E-state index in [0.29, 0.717) is 10.2 Å². The molecule has 1 fully saturated rings. The van der Waals surface area contributed by atoms with Crippen molar-refractivity contribution in [2.75, 3.05) is 33.2 Å². The van der Waals surface area contributed by atoms with Crippen molar-refractivity contribution in [3.63, 3.8) is 0 Å². The van der Waals surface area contributed by atoms with Gasteiger partial charge in [0.05, 0.1) is 0 Å². The van der Waals surface area contributed by atoms with Gasteiger partial charge in [-0.2, -0.15) is 0 Å². The fourth-order valence-electron chi connectivity index (χ4n) is 1.67. The fraction of sp³-hybridized carbons (Fsp3) is 0.455. The molecule has 0 spiro atoms. The van der Waals surface area contributed by atoms with Gasteiger partial charge in [-0.1, -0.05) is 0 Å². The van der Waals surface area contributed by atoms with E-state index in [1.54, 1.807) is 12.3 Å². The third-order valence-corrected chi connectivity index (χ3v) is 3.38. The lowest BCUT2D eigenvalue weighted by atomic mass is 10.3. The van der Waals surface area contributed by atoms with Crippen LogP contribution in [0.2, 0.25) is 0 Å². The van der Waals surface area contributed by atoms with Crippen LogP contribution >= 0.6 is 15.9 Å². The Morgan fingerprint density at radius 2 is 2.12 bits per heavy atom. The maximum absolute atomic E-state index is 12.0. The Morgan fingerprint density at radius 1 is 1.41 bits per heavy atom. The molecule has 1 aliphatic rings. The molecule has 0 radical (unpaired) electrons. The number of hydrogen-bond acceptors (Lipinski definition) is 4. The second-order valence-electron chi connectivity index (χ2n) is 4.07. The molecule has 0 saturated carbocycles. The molecule has 1 aliphatic heterocycles. The second-order valence-corrected chi connectivity index (χ2v) is 4.92. The van der Waals surface area contributed by atoms with E-state index in [2.05, 4.69) is 38.3 Å². The summed E-state index contributed by atoms with van der Waals surface area (Å²) in [7, 11) is 2.08. The third kappa shape index (κ3) is 3.24. The summed E-state index contributed by atoms with van der Waals surface area (Å²) < 4.78 is 0.714. The highest BCUT2D eigenvalue weighted by Gasteiger charge is 2.18. The van der Waals surface area contributed by atoms with Crippen molar-refractivity contribution >= 4 is 21.8 Å². The van der Waals surface area contributed by atoms with Gasteiger partial charge in [-0.3, -0.25) is 10.2 Å². The molecule has 2 rings (SSSR count). The van der Waals surface area contributed by atoms with Crippen molar-refractivity contribution in [3.05, 3.63) is 28.5 Å². The van der Waals surface area contributed by atoms with E-state index in [0.717, 1.165) is 26.2 Å². The quantitative estimate of drug-likeness (QED) is 0.875. The van der Waals surface area contributed by atoms with Crippen molar-refractivity contribution in [2.45, 2.75) is 0 Å². The Kier molecular flexibility index (Phi) is 4.09. The highest BCUT2D eigenvalue weighted by Crippen LogP contribution is 2.13. The standard InChI is InChI=1S/C11H15BrN4O/c1-15-5-7-16(8-6-15)14-11(17)10-9(12)3-2-4-13-10/h2-4H,5-8H2,1H3,(H,14,17). The first-order chi connectivity index (χ1) is 8.16. The van der Waals surface area contributed by atoms with Crippen LogP contribution in [0.3, 0.4) is 0 Å². The zero-order valence-corrected chi connectivity index (χ0v) is 11.3. The highest BCUT2D eigenvalue weighted by atomic mass is 79.9. The maximum Gasteiger partial charge on any atom is 0.285 e. The van der Waals surface area contributed by atoms with Gasteiger partial charge in [0.2, 0.25) is 0 Å². The number of aromatic nitrogens is 1. The van der Waals surface area contributed by atoms with Crippen molar-refractivity contribution in [2.24, 2.45) is 0 Å². The van der Waals surface area contributed by atoms with Gasteiger partial charge < -0.3 is 4.90 Å². The molecular formula is C11H15BrN4O. The molecule has 0 atom stereocenters. The van der Waals surface area contributed by atoms with Crippen molar-refractivity contribution < 1.29 is 4.79 Å². The van der Waals surface area contributed by atoms with E-state index in [1.807, 2.05) is 11.1 Å². The first-order valence-electron chi connectivity index (χ1n) is 5.52. The molecule has 1 aromatic rings. The summed E-state index contributed by atoms with van der Waals surface area (Å²) in [6.07, 6.45) is 1.61. The first kappa shape index (κ1) is 12.5. The zero-order valence-electron chi connectivity index (χ0n) is 9.69. The topological polar surface area (TPSA) is 48.5 Å². The number of likely N-dealkylation sites (N-methyl/N-ethyl adjacent to an activating group) is 1. The highest BCUT2D eigenvalue weighted by molar-refractivity contribution is 9.10. The lowest BCUT2D eigenvalue weighted by Crippen LogP contribution is -2.52. The first-order valence-corrected chi connectivity index (χ1v) is 6.31. The molecule has 0 bridgehead atoms. The number of pyridine rings is 1. The summed E-state index contributed by atoms with van der Waals surface area (Å²) in [4.78, 5) is 18.3. The number of hydrazine groups is 1. The van der Waals surface area contributed by atoms with Gasteiger partial charge >= 0.3 is 0 Å². The van der Waals surface area contributed by atoms with Gasteiger partial charge in [0.25, 0.3) is 5.91 Å². The van der Waals surface area contributed by atoms with E-state index >= 15 is 0 Å². The van der Waals surface area contributed by atoms with Gasteiger partial charge in [0.1, 0.15) is 5.69 Å². The van der Waals surface area contributed by atoms with Crippen LogP contribution in [0.15, 0.2) is 22.8 Å². The molecular weight excluding hydrogens is 284 g/mol. The Balaban J connectivity index is 1.96. The average molecular weight is 299 g/mol. The molecule has 1 N–H and O–H groups in total. The summed E-state index contributed by atoms with van der Waals surface area (Å²) in [5.41, 5.74) is 3.29. The molecule has 0 aromatic carbocycles. The van der Waals surface area contributed by atoms with E-state index < -0.39 is 0 Å². The summed E-state index contributed by atoms with van der Waals surface area (Å²) in [6.45, 7) is 3.60. The van der Waals surface area contributed by atoms with Gasteiger partial charge in [-0.05, 0) is 35.1 Å². The molecule has 5 nitrogen and oxygen atoms in total. The van der Waals surface area contributed by atoms with Crippen LogP contribution in [-0.4, -0.2) is 54.0 Å². The number of nitrogens with zero attached hydrogens (tertiary/aromatic N) is 3. The van der Waals surface area contributed by atoms with Crippen molar-refractivity contribution in [3.8, 4) is 0 Å². The molecule has 1 aromatic heterocycles. The third-order valence-electron chi connectivity index (χ3n) is 2.74. The number of halogens is 1. The number of rotatable bonds is 2. The molecule has 17 heavy (non-hydrogen) atoms.